The molecule has 2 saturated heterocycles. The maximum atomic E-state index is 12.1. The quantitative estimate of drug-likeness (QED) is 0.104. The number of hydrogen-bond acceptors (Lipinski definition) is 15. The highest BCUT2D eigenvalue weighted by Crippen LogP contribution is 2.26. The molecule has 2 fully saturated rings. The number of carbonyl (C=O) groups excluding carboxylic acids is 2. The SMILES string of the molecule is CCCCC(=O)O[C@H](COC(=O)CC)CO[C@@H]1O[C@H](CO[C@H]2O[C@H](CO)[C@H](O)[C@H](O)[C@H]2O)[C@H](O)[C@H](O)[C@H]1O. The molecular weight excluding hydrogens is 516 g/mol. The molecule has 0 unspecified atom stereocenters. The Hall–Kier alpha value is -1.50. The lowest BCUT2D eigenvalue weighted by Gasteiger charge is -2.42. The highest BCUT2D eigenvalue weighted by molar-refractivity contribution is 5.70. The van der Waals surface area contributed by atoms with Crippen LogP contribution in [0, 0.1) is 0 Å². The van der Waals surface area contributed by atoms with E-state index in [1.807, 2.05) is 6.92 Å². The molecule has 2 aliphatic rings. The van der Waals surface area contributed by atoms with E-state index >= 15 is 0 Å². The Morgan fingerprint density at radius 1 is 0.763 bits per heavy atom. The first kappa shape index (κ1) is 32.7. The van der Waals surface area contributed by atoms with E-state index in [9.17, 15) is 45.3 Å². The van der Waals surface area contributed by atoms with Gasteiger partial charge in [-0.3, -0.25) is 9.59 Å². The molecule has 0 aromatic rings. The van der Waals surface area contributed by atoms with Crippen LogP contribution in [0.1, 0.15) is 39.5 Å². The lowest BCUT2D eigenvalue weighted by Crippen LogP contribution is -2.61. The fourth-order valence-corrected chi connectivity index (χ4v) is 3.76. The average molecular weight is 557 g/mol. The van der Waals surface area contributed by atoms with Crippen LogP contribution in [0.4, 0.5) is 0 Å². The zero-order chi connectivity index (χ0) is 28.4. The zero-order valence-corrected chi connectivity index (χ0v) is 21.4. The van der Waals surface area contributed by atoms with E-state index in [0.29, 0.717) is 6.42 Å². The van der Waals surface area contributed by atoms with Gasteiger partial charge in [0.15, 0.2) is 18.7 Å². The number of aliphatic hydroxyl groups is 7. The van der Waals surface area contributed by atoms with Gasteiger partial charge in [-0.2, -0.15) is 0 Å². The van der Waals surface area contributed by atoms with Crippen LogP contribution in [0.3, 0.4) is 0 Å². The Morgan fingerprint density at radius 3 is 1.92 bits per heavy atom. The van der Waals surface area contributed by atoms with E-state index in [1.54, 1.807) is 6.92 Å². The van der Waals surface area contributed by atoms with Gasteiger partial charge in [0, 0.05) is 12.8 Å². The number of hydrogen-bond donors (Lipinski definition) is 7. The average Bonchev–Trinajstić information content (AvgIpc) is 2.91. The van der Waals surface area contributed by atoms with Crippen LogP contribution in [0.2, 0.25) is 0 Å². The summed E-state index contributed by atoms with van der Waals surface area (Å²) in [5, 5.41) is 70.1. The van der Waals surface area contributed by atoms with Crippen molar-refractivity contribution in [2.45, 2.75) is 107 Å². The number of unbranched alkanes of at least 4 members (excludes halogenated alkanes) is 1. The van der Waals surface area contributed by atoms with E-state index in [2.05, 4.69) is 0 Å². The molecule has 38 heavy (non-hydrogen) atoms. The molecule has 0 aromatic heterocycles. The maximum absolute atomic E-state index is 12.1. The summed E-state index contributed by atoms with van der Waals surface area (Å²) < 4.78 is 32.0. The lowest BCUT2D eigenvalue weighted by atomic mass is 9.98. The monoisotopic (exact) mass is 556 g/mol. The van der Waals surface area contributed by atoms with Crippen molar-refractivity contribution in [3.8, 4) is 0 Å². The number of rotatable bonds is 14. The van der Waals surface area contributed by atoms with E-state index in [4.69, 9.17) is 28.4 Å². The zero-order valence-electron chi connectivity index (χ0n) is 21.4. The molecule has 0 aromatic carbocycles. The minimum atomic E-state index is -1.75. The highest BCUT2D eigenvalue weighted by atomic mass is 16.7. The van der Waals surface area contributed by atoms with Gasteiger partial charge in [0.25, 0.3) is 0 Å². The van der Waals surface area contributed by atoms with Crippen molar-refractivity contribution < 1.29 is 73.8 Å². The molecule has 0 spiro atoms. The summed E-state index contributed by atoms with van der Waals surface area (Å²) in [5.41, 5.74) is 0. The molecule has 15 heteroatoms. The van der Waals surface area contributed by atoms with Crippen LogP contribution in [-0.2, 0) is 38.0 Å². The van der Waals surface area contributed by atoms with Crippen LogP contribution >= 0.6 is 0 Å². The maximum Gasteiger partial charge on any atom is 0.306 e. The number of ether oxygens (including phenoxy) is 6. The van der Waals surface area contributed by atoms with Gasteiger partial charge < -0.3 is 64.2 Å². The highest BCUT2D eigenvalue weighted by Gasteiger charge is 2.47. The molecule has 11 atom stereocenters. The van der Waals surface area contributed by atoms with Gasteiger partial charge in [0.1, 0.15) is 55.4 Å². The minimum Gasteiger partial charge on any atom is -0.462 e. The van der Waals surface area contributed by atoms with Gasteiger partial charge in [-0.15, -0.1) is 0 Å². The fraction of sp³-hybridized carbons (Fsp3) is 0.913. The molecule has 0 amide bonds. The molecule has 2 aliphatic heterocycles. The Bertz CT molecular complexity index is 721. The van der Waals surface area contributed by atoms with Crippen LogP contribution in [0.5, 0.6) is 0 Å². The van der Waals surface area contributed by atoms with Gasteiger partial charge in [-0.05, 0) is 6.42 Å². The first-order valence-electron chi connectivity index (χ1n) is 12.6. The summed E-state index contributed by atoms with van der Waals surface area (Å²) >= 11 is 0. The second kappa shape index (κ2) is 15.9. The van der Waals surface area contributed by atoms with Crippen molar-refractivity contribution in [3.05, 3.63) is 0 Å². The van der Waals surface area contributed by atoms with E-state index < -0.39 is 92.7 Å². The molecule has 15 nitrogen and oxygen atoms in total. The van der Waals surface area contributed by atoms with Crippen molar-refractivity contribution in [2.75, 3.05) is 26.4 Å². The number of aliphatic hydroxyl groups excluding tert-OH is 7. The van der Waals surface area contributed by atoms with Gasteiger partial charge in [0.05, 0.1) is 19.8 Å². The van der Waals surface area contributed by atoms with Crippen molar-refractivity contribution in [3.63, 3.8) is 0 Å². The Kier molecular flexibility index (Phi) is 13.7. The van der Waals surface area contributed by atoms with Gasteiger partial charge in [-0.25, -0.2) is 0 Å². The van der Waals surface area contributed by atoms with E-state index in [0.717, 1.165) is 6.42 Å². The fourth-order valence-electron chi connectivity index (χ4n) is 3.76. The standard InChI is InChI=1S/C23H40O15/c1-3-5-6-15(26)36-11(8-33-14(25)4-2)9-34-22-21(32)19(30)17(28)13(38-22)10-35-23-20(31)18(29)16(27)12(7-24)37-23/h11-13,16-24,27-32H,3-10H2,1-2H3/t11-,12-,13-,16+,17+,18+,19+,20-,21-,22-,23+/m1/s1. The van der Waals surface area contributed by atoms with Gasteiger partial charge in [-0.1, -0.05) is 20.3 Å². The Balaban J connectivity index is 1.99. The van der Waals surface area contributed by atoms with Crippen LogP contribution < -0.4 is 0 Å². The molecule has 0 saturated carbocycles. The van der Waals surface area contributed by atoms with Gasteiger partial charge in [0.2, 0.25) is 0 Å². The lowest BCUT2D eigenvalue weighted by molar-refractivity contribution is -0.332. The van der Waals surface area contributed by atoms with Crippen molar-refractivity contribution in [1.29, 1.82) is 0 Å². The summed E-state index contributed by atoms with van der Waals surface area (Å²) in [5.74, 6) is -1.07. The second-order valence-electron chi connectivity index (χ2n) is 9.13. The minimum absolute atomic E-state index is 0.0992. The third-order valence-corrected chi connectivity index (χ3v) is 6.14. The van der Waals surface area contributed by atoms with Crippen LogP contribution in [0.15, 0.2) is 0 Å². The molecule has 0 aliphatic carbocycles. The first-order chi connectivity index (χ1) is 18.0. The predicted molar refractivity (Wildman–Crippen MR) is 123 cm³/mol. The molecule has 222 valence electrons. The number of carbonyl (C=O) groups is 2. The molecule has 2 rings (SSSR count). The summed E-state index contributed by atoms with van der Waals surface area (Å²) in [6, 6.07) is 0. The van der Waals surface area contributed by atoms with E-state index in [-0.39, 0.29) is 26.1 Å². The molecule has 0 radical (unpaired) electrons. The molecule has 7 N–H and O–H groups in total. The van der Waals surface area contributed by atoms with Crippen LogP contribution in [-0.4, -0.2) is 142 Å². The van der Waals surface area contributed by atoms with Gasteiger partial charge >= 0.3 is 11.9 Å². The Labute approximate surface area is 219 Å². The van der Waals surface area contributed by atoms with Crippen molar-refractivity contribution >= 4 is 11.9 Å². The Morgan fingerprint density at radius 2 is 1.34 bits per heavy atom. The smallest absolute Gasteiger partial charge is 0.306 e. The topological polar surface area (TPSA) is 231 Å². The summed E-state index contributed by atoms with van der Waals surface area (Å²) in [6.07, 6.45) is -15.2. The third-order valence-electron chi connectivity index (χ3n) is 6.14. The third kappa shape index (κ3) is 9.02. The first-order valence-corrected chi connectivity index (χ1v) is 12.6. The number of esters is 2. The van der Waals surface area contributed by atoms with Crippen LogP contribution in [0.25, 0.3) is 0 Å². The molecule has 0 bridgehead atoms. The van der Waals surface area contributed by atoms with Crippen molar-refractivity contribution in [2.24, 2.45) is 0 Å². The normalized spacial score (nSPS) is 36.4. The predicted octanol–water partition coefficient (Wildman–Crippen LogP) is -3.32. The summed E-state index contributed by atoms with van der Waals surface area (Å²) in [7, 11) is 0. The van der Waals surface area contributed by atoms with E-state index in [1.165, 1.54) is 0 Å². The molecular formula is C23H40O15. The summed E-state index contributed by atoms with van der Waals surface area (Å²) in [6.45, 7) is 1.58. The summed E-state index contributed by atoms with van der Waals surface area (Å²) in [4.78, 5) is 23.6. The second-order valence-corrected chi connectivity index (χ2v) is 9.13. The largest absolute Gasteiger partial charge is 0.462 e. The molecule has 2 heterocycles. The van der Waals surface area contributed by atoms with Crippen molar-refractivity contribution in [1.82, 2.24) is 0 Å².